The number of rotatable bonds is 6. The predicted octanol–water partition coefficient (Wildman–Crippen LogP) is 4.49. The topological polar surface area (TPSA) is 49.8 Å². The Hall–Kier alpha value is -2.46. The Bertz CT molecular complexity index is 841. The summed E-state index contributed by atoms with van der Waals surface area (Å²) in [6.45, 7) is 3.37. The molecule has 1 aliphatic rings. The second-order valence-electron chi connectivity index (χ2n) is 7.10. The standard InChI is InChI=1S/C22H26N4/c1-2-10-20-19(9-1)22(14-21(26-20)18-8-5-12-24-16-18)25-13-4-7-17-6-3-11-23-15-17/h1-2,5,8-10,12,14,16-17,23H,3-4,6-7,11,13,15H2,(H,25,26). The number of benzene rings is 1. The van der Waals surface area contributed by atoms with Crippen molar-refractivity contribution in [2.75, 3.05) is 25.0 Å². The number of piperidine rings is 1. The molecule has 1 saturated heterocycles. The zero-order valence-corrected chi connectivity index (χ0v) is 15.1. The Kier molecular flexibility index (Phi) is 5.41. The largest absolute Gasteiger partial charge is 0.384 e. The molecule has 0 aliphatic carbocycles. The molecule has 4 rings (SSSR count). The number of hydrogen-bond donors (Lipinski definition) is 2. The van der Waals surface area contributed by atoms with Gasteiger partial charge in [0.05, 0.1) is 11.2 Å². The molecule has 1 aromatic carbocycles. The maximum atomic E-state index is 4.82. The van der Waals surface area contributed by atoms with E-state index in [1.807, 2.05) is 18.3 Å². The van der Waals surface area contributed by atoms with E-state index >= 15 is 0 Å². The first-order chi connectivity index (χ1) is 12.9. The molecule has 4 heteroatoms. The van der Waals surface area contributed by atoms with E-state index in [0.29, 0.717) is 0 Å². The summed E-state index contributed by atoms with van der Waals surface area (Å²) in [6, 6.07) is 14.5. The smallest absolute Gasteiger partial charge is 0.0745 e. The van der Waals surface area contributed by atoms with Crippen LogP contribution in [0.15, 0.2) is 54.9 Å². The third-order valence-corrected chi connectivity index (χ3v) is 5.18. The summed E-state index contributed by atoms with van der Waals surface area (Å²) in [7, 11) is 0. The fraction of sp³-hybridized carbons (Fsp3) is 0.364. The lowest BCUT2D eigenvalue weighted by atomic mass is 9.95. The van der Waals surface area contributed by atoms with Crippen LogP contribution >= 0.6 is 0 Å². The van der Waals surface area contributed by atoms with E-state index in [9.17, 15) is 0 Å². The third kappa shape index (κ3) is 4.02. The molecule has 0 amide bonds. The second kappa shape index (κ2) is 8.28. The average molecular weight is 346 g/mol. The molecule has 0 bridgehead atoms. The first kappa shape index (κ1) is 17.0. The number of para-hydroxylation sites is 1. The molecular weight excluding hydrogens is 320 g/mol. The highest BCUT2D eigenvalue weighted by Crippen LogP contribution is 2.28. The summed E-state index contributed by atoms with van der Waals surface area (Å²) in [4.78, 5) is 9.05. The molecule has 3 aromatic rings. The minimum absolute atomic E-state index is 0.839. The fourth-order valence-electron chi connectivity index (χ4n) is 3.77. The number of aromatic nitrogens is 2. The molecule has 1 unspecified atom stereocenters. The minimum atomic E-state index is 0.839. The Balaban J connectivity index is 1.49. The highest BCUT2D eigenvalue weighted by molar-refractivity contribution is 5.93. The zero-order chi connectivity index (χ0) is 17.6. The summed E-state index contributed by atoms with van der Waals surface area (Å²) in [5.74, 6) is 0.839. The Morgan fingerprint density at radius 2 is 2.12 bits per heavy atom. The summed E-state index contributed by atoms with van der Waals surface area (Å²) < 4.78 is 0. The van der Waals surface area contributed by atoms with Gasteiger partial charge in [0.25, 0.3) is 0 Å². The van der Waals surface area contributed by atoms with Crippen molar-refractivity contribution in [3.63, 3.8) is 0 Å². The quantitative estimate of drug-likeness (QED) is 0.646. The highest BCUT2D eigenvalue weighted by atomic mass is 14.9. The van der Waals surface area contributed by atoms with E-state index in [4.69, 9.17) is 4.98 Å². The fourth-order valence-corrected chi connectivity index (χ4v) is 3.77. The molecule has 0 radical (unpaired) electrons. The second-order valence-corrected chi connectivity index (χ2v) is 7.10. The number of nitrogens with one attached hydrogen (secondary N) is 2. The molecule has 134 valence electrons. The van der Waals surface area contributed by atoms with Gasteiger partial charge in [-0.15, -0.1) is 0 Å². The first-order valence-corrected chi connectivity index (χ1v) is 9.65. The first-order valence-electron chi connectivity index (χ1n) is 9.65. The monoisotopic (exact) mass is 346 g/mol. The van der Waals surface area contributed by atoms with Crippen molar-refractivity contribution in [1.29, 1.82) is 0 Å². The van der Waals surface area contributed by atoms with Gasteiger partial charge in [0.1, 0.15) is 0 Å². The van der Waals surface area contributed by atoms with Crippen LogP contribution in [0.5, 0.6) is 0 Å². The van der Waals surface area contributed by atoms with Crippen LogP contribution in [-0.2, 0) is 0 Å². The van der Waals surface area contributed by atoms with Gasteiger partial charge in [0, 0.05) is 35.6 Å². The van der Waals surface area contributed by atoms with E-state index < -0.39 is 0 Å². The molecule has 2 N–H and O–H groups in total. The molecule has 1 aliphatic heterocycles. The lowest BCUT2D eigenvalue weighted by molar-refractivity contribution is 0.353. The molecule has 2 aromatic heterocycles. The van der Waals surface area contributed by atoms with Gasteiger partial charge in [-0.05, 0) is 69.0 Å². The normalized spacial score (nSPS) is 17.3. The lowest BCUT2D eigenvalue weighted by Gasteiger charge is -2.22. The Morgan fingerprint density at radius 3 is 2.96 bits per heavy atom. The number of nitrogens with zero attached hydrogens (tertiary/aromatic N) is 2. The highest BCUT2D eigenvalue weighted by Gasteiger charge is 2.12. The van der Waals surface area contributed by atoms with Crippen molar-refractivity contribution >= 4 is 16.6 Å². The SMILES string of the molecule is c1cncc(-c2cc(NCCCC3CCCNC3)c3ccccc3n2)c1. The van der Waals surface area contributed by atoms with Crippen molar-refractivity contribution in [3.8, 4) is 11.3 Å². The molecule has 0 saturated carbocycles. The maximum Gasteiger partial charge on any atom is 0.0745 e. The molecule has 4 nitrogen and oxygen atoms in total. The van der Waals surface area contributed by atoms with E-state index in [2.05, 4.69) is 45.9 Å². The van der Waals surface area contributed by atoms with Crippen LogP contribution in [0.4, 0.5) is 5.69 Å². The molecule has 1 fully saturated rings. The van der Waals surface area contributed by atoms with Gasteiger partial charge in [0.2, 0.25) is 0 Å². The number of anilines is 1. The summed E-state index contributed by atoms with van der Waals surface area (Å²) >= 11 is 0. The van der Waals surface area contributed by atoms with Crippen molar-refractivity contribution < 1.29 is 0 Å². The van der Waals surface area contributed by atoms with Gasteiger partial charge < -0.3 is 10.6 Å². The number of hydrogen-bond acceptors (Lipinski definition) is 4. The van der Waals surface area contributed by atoms with Crippen molar-refractivity contribution in [1.82, 2.24) is 15.3 Å². The van der Waals surface area contributed by atoms with E-state index in [1.54, 1.807) is 6.20 Å². The van der Waals surface area contributed by atoms with Crippen LogP contribution in [0.25, 0.3) is 22.2 Å². The predicted molar refractivity (Wildman–Crippen MR) is 108 cm³/mol. The van der Waals surface area contributed by atoms with E-state index in [0.717, 1.165) is 34.9 Å². The van der Waals surface area contributed by atoms with Crippen LogP contribution in [0.1, 0.15) is 25.7 Å². The summed E-state index contributed by atoms with van der Waals surface area (Å²) in [6.07, 6.45) is 8.85. The van der Waals surface area contributed by atoms with Gasteiger partial charge in [-0.2, -0.15) is 0 Å². The van der Waals surface area contributed by atoms with Crippen LogP contribution in [0.3, 0.4) is 0 Å². The zero-order valence-electron chi connectivity index (χ0n) is 15.1. The van der Waals surface area contributed by atoms with Crippen LogP contribution in [0.2, 0.25) is 0 Å². The van der Waals surface area contributed by atoms with Gasteiger partial charge in [-0.3, -0.25) is 4.98 Å². The molecule has 3 heterocycles. The summed E-state index contributed by atoms with van der Waals surface area (Å²) in [5, 5.41) is 8.35. The van der Waals surface area contributed by atoms with Crippen molar-refractivity contribution in [3.05, 3.63) is 54.9 Å². The lowest BCUT2D eigenvalue weighted by Crippen LogP contribution is -2.29. The van der Waals surface area contributed by atoms with Gasteiger partial charge >= 0.3 is 0 Å². The Morgan fingerprint density at radius 1 is 1.15 bits per heavy atom. The van der Waals surface area contributed by atoms with Crippen LogP contribution in [0, 0.1) is 5.92 Å². The third-order valence-electron chi connectivity index (χ3n) is 5.18. The van der Waals surface area contributed by atoms with E-state index in [1.165, 1.54) is 44.2 Å². The Labute approximate surface area is 155 Å². The van der Waals surface area contributed by atoms with E-state index in [-0.39, 0.29) is 0 Å². The molecule has 0 spiro atoms. The van der Waals surface area contributed by atoms with Crippen molar-refractivity contribution in [2.45, 2.75) is 25.7 Å². The van der Waals surface area contributed by atoms with Crippen LogP contribution in [-0.4, -0.2) is 29.6 Å². The average Bonchev–Trinajstić information content (AvgIpc) is 2.72. The van der Waals surface area contributed by atoms with Gasteiger partial charge in [0.15, 0.2) is 0 Å². The van der Waals surface area contributed by atoms with Crippen LogP contribution < -0.4 is 10.6 Å². The minimum Gasteiger partial charge on any atom is -0.384 e. The molecular formula is C22H26N4. The number of pyridine rings is 2. The molecule has 26 heavy (non-hydrogen) atoms. The summed E-state index contributed by atoms with van der Waals surface area (Å²) in [5.41, 5.74) is 4.20. The molecule has 1 atom stereocenters. The number of fused-ring (bicyclic) bond motifs is 1. The van der Waals surface area contributed by atoms with Crippen molar-refractivity contribution in [2.24, 2.45) is 5.92 Å². The van der Waals surface area contributed by atoms with Gasteiger partial charge in [-0.25, -0.2) is 4.98 Å². The maximum absolute atomic E-state index is 4.82. The van der Waals surface area contributed by atoms with Gasteiger partial charge in [-0.1, -0.05) is 18.2 Å².